The van der Waals surface area contributed by atoms with Gasteiger partial charge in [0.1, 0.15) is 6.17 Å². The summed E-state index contributed by atoms with van der Waals surface area (Å²) >= 11 is 0. The maximum Gasteiger partial charge on any atom is 0.254 e. The van der Waals surface area contributed by atoms with Crippen LogP contribution in [0.2, 0.25) is 0 Å². The van der Waals surface area contributed by atoms with Crippen molar-refractivity contribution in [2.75, 3.05) is 10.3 Å². The van der Waals surface area contributed by atoms with Crippen LogP contribution in [0.15, 0.2) is 66.4 Å². The Morgan fingerprint density at radius 1 is 1.04 bits per heavy atom. The molecule has 2 aromatic carbocycles. The van der Waals surface area contributed by atoms with Crippen LogP contribution in [0.3, 0.4) is 0 Å². The van der Waals surface area contributed by atoms with Crippen molar-refractivity contribution >= 4 is 17.3 Å². The number of hydrogen-bond acceptors (Lipinski definition) is 5. The van der Waals surface area contributed by atoms with E-state index in [1.807, 2.05) is 72.7 Å². The van der Waals surface area contributed by atoms with E-state index in [1.54, 1.807) is 0 Å². The number of benzene rings is 2. The van der Waals surface area contributed by atoms with Crippen molar-refractivity contribution in [2.24, 2.45) is 0 Å². The molecule has 0 aromatic heterocycles. The average Bonchev–Trinajstić information content (AvgIpc) is 3.00. The van der Waals surface area contributed by atoms with Crippen molar-refractivity contribution in [3.63, 3.8) is 0 Å². The lowest BCUT2D eigenvalue weighted by molar-refractivity contribution is -0.119. The lowest BCUT2D eigenvalue weighted by Crippen LogP contribution is -2.64. The molecule has 0 spiro atoms. The van der Waals surface area contributed by atoms with Crippen LogP contribution in [0.25, 0.3) is 0 Å². The van der Waals surface area contributed by atoms with Crippen molar-refractivity contribution in [3.8, 4) is 0 Å². The SMILES string of the molecule is Cc1ccccc1N1C=C2C(=O)NC(Nc3ccccc3)NC2N1. The van der Waals surface area contributed by atoms with Crippen molar-refractivity contribution in [3.05, 3.63) is 71.9 Å². The van der Waals surface area contributed by atoms with Crippen molar-refractivity contribution in [1.82, 2.24) is 16.1 Å². The molecule has 0 radical (unpaired) electrons. The number of carbonyl (C=O) groups is 1. The second-order valence-corrected chi connectivity index (χ2v) is 5.89. The molecule has 4 N–H and O–H groups in total. The van der Waals surface area contributed by atoms with Crippen molar-refractivity contribution in [2.45, 2.75) is 19.4 Å². The number of carbonyl (C=O) groups excluding carboxylic acids is 1. The molecule has 1 fully saturated rings. The van der Waals surface area contributed by atoms with Gasteiger partial charge in [0.05, 0.1) is 11.3 Å². The minimum absolute atomic E-state index is 0.0873. The van der Waals surface area contributed by atoms with Crippen LogP contribution in [0.1, 0.15) is 5.56 Å². The molecule has 2 aliphatic heterocycles. The highest BCUT2D eigenvalue weighted by molar-refractivity contribution is 5.97. The van der Waals surface area contributed by atoms with Gasteiger partial charge in [0.25, 0.3) is 5.91 Å². The Morgan fingerprint density at radius 3 is 2.58 bits per heavy atom. The number of hydrogen-bond donors (Lipinski definition) is 4. The summed E-state index contributed by atoms with van der Waals surface area (Å²) in [7, 11) is 0. The van der Waals surface area contributed by atoms with E-state index >= 15 is 0 Å². The van der Waals surface area contributed by atoms with Crippen LogP contribution in [-0.2, 0) is 4.79 Å². The summed E-state index contributed by atoms with van der Waals surface area (Å²) in [6.07, 6.45) is 1.26. The molecule has 0 saturated carbocycles. The van der Waals surface area contributed by atoms with Gasteiger partial charge in [0.15, 0.2) is 6.29 Å². The van der Waals surface area contributed by atoms with E-state index in [4.69, 9.17) is 0 Å². The molecule has 1 amide bonds. The van der Waals surface area contributed by atoms with E-state index in [1.165, 1.54) is 0 Å². The first-order valence-corrected chi connectivity index (χ1v) is 7.92. The monoisotopic (exact) mass is 321 g/mol. The lowest BCUT2D eigenvalue weighted by atomic mass is 10.2. The first-order chi connectivity index (χ1) is 11.7. The fourth-order valence-corrected chi connectivity index (χ4v) is 2.95. The Kier molecular flexibility index (Phi) is 3.68. The van der Waals surface area contributed by atoms with Gasteiger partial charge < -0.3 is 10.6 Å². The number of para-hydroxylation sites is 2. The molecular weight excluding hydrogens is 302 g/mol. The van der Waals surface area contributed by atoms with Gasteiger partial charge in [0, 0.05) is 11.9 Å². The van der Waals surface area contributed by atoms with E-state index in [0.717, 1.165) is 16.9 Å². The highest BCUT2D eigenvalue weighted by Crippen LogP contribution is 2.24. The van der Waals surface area contributed by atoms with Crippen molar-refractivity contribution < 1.29 is 4.79 Å². The maximum atomic E-state index is 12.4. The van der Waals surface area contributed by atoms with E-state index in [-0.39, 0.29) is 18.4 Å². The quantitative estimate of drug-likeness (QED) is 0.692. The first kappa shape index (κ1) is 14.7. The largest absolute Gasteiger partial charge is 0.353 e. The van der Waals surface area contributed by atoms with Gasteiger partial charge in [0.2, 0.25) is 0 Å². The fourth-order valence-electron chi connectivity index (χ4n) is 2.95. The number of nitrogens with one attached hydrogen (secondary N) is 4. The van der Waals surface area contributed by atoms with Crippen LogP contribution in [0.4, 0.5) is 11.4 Å². The molecule has 2 aliphatic rings. The molecular formula is C18H19N5O. The maximum absolute atomic E-state index is 12.4. The van der Waals surface area contributed by atoms with Crippen molar-refractivity contribution in [1.29, 1.82) is 0 Å². The molecule has 2 aromatic rings. The smallest absolute Gasteiger partial charge is 0.254 e. The summed E-state index contributed by atoms with van der Waals surface area (Å²) in [5, 5.41) is 11.4. The summed E-state index contributed by atoms with van der Waals surface area (Å²) in [5.41, 5.74) is 7.10. The minimum Gasteiger partial charge on any atom is -0.353 e. The van der Waals surface area contributed by atoms with Crippen LogP contribution < -0.4 is 26.4 Å². The van der Waals surface area contributed by atoms with Crippen LogP contribution >= 0.6 is 0 Å². The number of hydrazine groups is 1. The summed E-state index contributed by atoms with van der Waals surface area (Å²) in [5.74, 6) is -0.0873. The zero-order valence-corrected chi connectivity index (χ0v) is 13.3. The normalized spacial score (nSPS) is 22.6. The lowest BCUT2D eigenvalue weighted by Gasteiger charge is -2.32. The van der Waals surface area contributed by atoms with E-state index in [0.29, 0.717) is 5.57 Å². The highest BCUT2D eigenvalue weighted by Gasteiger charge is 2.36. The predicted octanol–water partition coefficient (Wildman–Crippen LogP) is 1.64. The summed E-state index contributed by atoms with van der Waals surface area (Å²) in [4.78, 5) is 12.4. The molecule has 0 bridgehead atoms. The van der Waals surface area contributed by atoms with Crippen LogP contribution in [-0.4, -0.2) is 18.4 Å². The topological polar surface area (TPSA) is 68.4 Å². The Hall–Kier alpha value is -2.83. The molecule has 2 unspecified atom stereocenters. The summed E-state index contributed by atoms with van der Waals surface area (Å²) in [6.45, 7) is 2.05. The van der Waals surface area contributed by atoms with Gasteiger partial charge in [-0.25, -0.2) is 5.43 Å². The number of anilines is 2. The Bertz CT molecular complexity index is 789. The van der Waals surface area contributed by atoms with Gasteiger partial charge in [-0.2, -0.15) is 0 Å². The van der Waals surface area contributed by atoms with Gasteiger partial charge >= 0.3 is 0 Å². The van der Waals surface area contributed by atoms with Crippen LogP contribution in [0.5, 0.6) is 0 Å². The van der Waals surface area contributed by atoms with Gasteiger partial charge in [-0.3, -0.25) is 15.1 Å². The number of rotatable bonds is 3. The van der Waals surface area contributed by atoms with Gasteiger partial charge in [-0.15, -0.1) is 0 Å². The highest BCUT2D eigenvalue weighted by atomic mass is 16.2. The van der Waals surface area contributed by atoms with Gasteiger partial charge in [-0.05, 0) is 30.7 Å². The average molecular weight is 321 g/mol. The first-order valence-electron chi connectivity index (χ1n) is 7.92. The molecule has 24 heavy (non-hydrogen) atoms. The standard InChI is InChI=1S/C18H19N5O/c1-12-7-5-6-10-15(12)23-11-14-16(22-23)20-18(21-17(14)24)19-13-8-3-2-4-9-13/h2-11,16,18-20,22H,1H3,(H,21,24). The molecule has 2 atom stereocenters. The second-order valence-electron chi connectivity index (χ2n) is 5.89. The number of nitrogens with zero attached hydrogens (tertiary/aromatic N) is 1. The molecule has 0 aliphatic carbocycles. The summed E-state index contributed by atoms with van der Waals surface area (Å²) in [6, 6.07) is 17.8. The third-order valence-corrected chi connectivity index (χ3v) is 4.18. The molecule has 1 saturated heterocycles. The Labute approximate surface area is 140 Å². The van der Waals surface area contributed by atoms with E-state index in [9.17, 15) is 4.79 Å². The van der Waals surface area contributed by atoms with Gasteiger partial charge in [-0.1, -0.05) is 36.4 Å². The fraction of sp³-hybridized carbons (Fsp3) is 0.167. The number of amides is 1. The number of fused-ring (bicyclic) bond motifs is 1. The second kappa shape index (κ2) is 5.99. The predicted molar refractivity (Wildman–Crippen MR) is 93.8 cm³/mol. The zero-order chi connectivity index (χ0) is 16.5. The Balaban J connectivity index is 1.51. The summed E-state index contributed by atoms with van der Waals surface area (Å²) < 4.78 is 0. The zero-order valence-electron chi connectivity index (χ0n) is 13.3. The molecule has 6 nitrogen and oxygen atoms in total. The molecule has 4 rings (SSSR count). The molecule has 2 heterocycles. The third-order valence-electron chi connectivity index (χ3n) is 4.18. The molecule has 6 heteroatoms. The Morgan fingerprint density at radius 2 is 1.79 bits per heavy atom. The van der Waals surface area contributed by atoms with E-state index < -0.39 is 0 Å². The van der Waals surface area contributed by atoms with Crippen LogP contribution in [0, 0.1) is 6.92 Å². The number of aryl methyl sites for hydroxylation is 1. The third kappa shape index (κ3) is 2.73. The molecule has 122 valence electrons. The minimum atomic E-state index is -0.341. The van der Waals surface area contributed by atoms with E-state index in [2.05, 4.69) is 21.4 Å².